The average molecular weight is 479 g/mol. The molecule has 184 valence electrons. The number of hydrogen-bond acceptors (Lipinski definition) is 5. The van der Waals surface area contributed by atoms with Crippen LogP contribution < -0.4 is 5.32 Å². The lowest BCUT2D eigenvalue weighted by molar-refractivity contribution is -0.157. The Balaban J connectivity index is 1.10. The minimum Gasteiger partial charge on any atom is -0.479 e. The van der Waals surface area contributed by atoms with Crippen LogP contribution >= 0.6 is 0 Å². The summed E-state index contributed by atoms with van der Waals surface area (Å²) in [6.45, 7) is 0.334. The van der Waals surface area contributed by atoms with Gasteiger partial charge in [0, 0.05) is 31.3 Å². The van der Waals surface area contributed by atoms with Crippen molar-refractivity contribution < 1.29 is 29.3 Å². The Morgan fingerprint density at radius 1 is 1.03 bits per heavy atom. The lowest BCUT2D eigenvalue weighted by Gasteiger charge is -2.21. The standard InChI is InChI=1S/C27H30N2O6/c30-24(29-12-11-27(34,16-29)25(31)32)14-17-9-10-18(13-17)28-26(33)35-15-23-21-7-3-1-5-19(21)20-6-2-4-8-22(20)23/h1-8,17-18,23,34H,9-16H2,(H,28,33)(H,31,32)/t17-,18+,27?/m1/s1. The molecule has 0 radical (unpaired) electrons. The van der Waals surface area contributed by atoms with Gasteiger partial charge < -0.3 is 25.2 Å². The van der Waals surface area contributed by atoms with E-state index in [1.165, 1.54) is 16.0 Å². The third-order valence-corrected chi connectivity index (χ3v) is 7.67. The van der Waals surface area contributed by atoms with Crippen molar-refractivity contribution in [2.24, 2.45) is 5.92 Å². The number of nitrogens with one attached hydrogen (secondary N) is 1. The number of alkyl carbamates (subject to hydrolysis) is 1. The minimum absolute atomic E-state index is 0.00649. The van der Waals surface area contributed by atoms with E-state index in [0.717, 1.165) is 24.0 Å². The first-order valence-electron chi connectivity index (χ1n) is 12.2. The van der Waals surface area contributed by atoms with Crippen molar-refractivity contribution in [3.8, 4) is 11.1 Å². The van der Waals surface area contributed by atoms with E-state index >= 15 is 0 Å². The first-order valence-corrected chi connectivity index (χ1v) is 12.2. The zero-order valence-corrected chi connectivity index (χ0v) is 19.5. The molecule has 8 heteroatoms. The van der Waals surface area contributed by atoms with Gasteiger partial charge in [0.2, 0.25) is 5.91 Å². The van der Waals surface area contributed by atoms with Crippen LogP contribution in [-0.2, 0) is 14.3 Å². The van der Waals surface area contributed by atoms with Gasteiger partial charge >= 0.3 is 12.1 Å². The van der Waals surface area contributed by atoms with Crippen molar-refractivity contribution in [1.82, 2.24) is 10.2 Å². The molecule has 1 saturated carbocycles. The number of hydrogen-bond donors (Lipinski definition) is 3. The van der Waals surface area contributed by atoms with Gasteiger partial charge in [0.1, 0.15) is 6.61 Å². The summed E-state index contributed by atoms with van der Waals surface area (Å²) in [5.74, 6) is -1.32. The quantitative estimate of drug-likeness (QED) is 0.588. The molecule has 3 atom stereocenters. The highest BCUT2D eigenvalue weighted by molar-refractivity contribution is 5.82. The van der Waals surface area contributed by atoms with Gasteiger partial charge in [-0.25, -0.2) is 9.59 Å². The van der Waals surface area contributed by atoms with Gasteiger partial charge in [-0.3, -0.25) is 4.79 Å². The van der Waals surface area contributed by atoms with E-state index in [2.05, 4.69) is 29.6 Å². The van der Waals surface area contributed by atoms with E-state index in [1.807, 2.05) is 24.3 Å². The van der Waals surface area contributed by atoms with Gasteiger partial charge in [-0.15, -0.1) is 0 Å². The summed E-state index contributed by atoms with van der Waals surface area (Å²) < 4.78 is 5.64. The number of amides is 2. The number of aliphatic carboxylic acids is 1. The molecule has 2 aromatic carbocycles. The Kier molecular flexibility index (Phi) is 6.23. The van der Waals surface area contributed by atoms with Gasteiger partial charge in [-0.2, -0.15) is 0 Å². The first kappa shape index (κ1) is 23.4. The van der Waals surface area contributed by atoms with E-state index < -0.39 is 17.7 Å². The van der Waals surface area contributed by atoms with Gasteiger partial charge in [-0.1, -0.05) is 48.5 Å². The van der Waals surface area contributed by atoms with E-state index in [1.54, 1.807) is 0 Å². The average Bonchev–Trinajstić information content (AvgIpc) is 3.54. The fraction of sp³-hybridized carbons (Fsp3) is 0.444. The third kappa shape index (κ3) is 4.62. The molecule has 2 aliphatic carbocycles. The second-order valence-corrected chi connectivity index (χ2v) is 9.95. The number of carboxylic acid groups (broad SMARTS) is 1. The summed E-state index contributed by atoms with van der Waals surface area (Å²) in [7, 11) is 0. The molecule has 0 aromatic heterocycles. The molecule has 5 rings (SSSR count). The maximum Gasteiger partial charge on any atom is 0.407 e. The zero-order chi connectivity index (χ0) is 24.6. The number of likely N-dealkylation sites (tertiary alicyclic amines) is 1. The largest absolute Gasteiger partial charge is 0.479 e. The van der Waals surface area contributed by atoms with Crippen molar-refractivity contribution in [2.45, 2.75) is 49.7 Å². The van der Waals surface area contributed by atoms with Gasteiger partial charge in [0.05, 0.1) is 6.54 Å². The Morgan fingerprint density at radius 2 is 1.69 bits per heavy atom. The zero-order valence-electron chi connectivity index (χ0n) is 19.5. The highest BCUT2D eigenvalue weighted by atomic mass is 16.5. The predicted molar refractivity (Wildman–Crippen MR) is 128 cm³/mol. The van der Waals surface area contributed by atoms with Gasteiger partial charge in [0.15, 0.2) is 5.60 Å². The number of carbonyl (C=O) groups is 3. The molecular weight excluding hydrogens is 448 g/mol. The number of carboxylic acids is 1. The lowest BCUT2D eigenvalue weighted by Crippen LogP contribution is -2.42. The Labute approximate surface area is 203 Å². The van der Waals surface area contributed by atoms with Crippen LogP contribution in [0.25, 0.3) is 11.1 Å². The summed E-state index contributed by atoms with van der Waals surface area (Å²) in [5, 5.41) is 22.2. The summed E-state index contributed by atoms with van der Waals surface area (Å²) in [6, 6.07) is 16.3. The van der Waals surface area contributed by atoms with Crippen LogP contribution in [0.3, 0.4) is 0 Å². The van der Waals surface area contributed by atoms with Crippen LogP contribution in [0, 0.1) is 5.92 Å². The van der Waals surface area contributed by atoms with Gasteiger partial charge in [-0.05, 0) is 47.4 Å². The normalized spacial score (nSPS) is 25.2. The Hall–Kier alpha value is -3.39. The molecular formula is C27H30N2O6. The molecule has 8 nitrogen and oxygen atoms in total. The number of fused-ring (bicyclic) bond motifs is 3. The smallest absolute Gasteiger partial charge is 0.407 e. The number of rotatable bonds is 6. The highest BCUT2D eigenvalue weighted by Gasteiger charge is 2.45. The van der Waals surface area contributed by atoms with E-state index in [4.69, 9.17) is 9.84 Å². The number of benzene rings is 2. The summed E-state index contributed by atoms with van der Waals surface area (Å²) in [5.41, 5.74) is 2.84. The molecule has 2 fully saturated rings. The van der Waals surface area contributed by atoms with E-state index in [9.17, 15) is 19.5 Å². The predicted octanol–water partition coefficient (Wildman–Crippen LogP) is 3.13. The molecule has 0 spiro atoms. The topological polar surface area (TPSA) is 116 Å². The van der Waals surface area contributed by atoms with E-state index in [-0.39, 0.29) is 49.9 Å². The molecule has 1 heterocycles. The van der Waals surface area contributed by atoms with Crippen LogP contribution in [0.4, 0.5) is 4.79 Å². The molecule has 2 aromatic rings. The molecule has 1 unspecified atom stereocenters. The molecule has 2 amide bonds. The van der Waals surface area contributed by atoms with Gasteiger partial charge in [0.25, 0.3) is 0 Å². The SMILES string of the molecule is O=C(N[C@H]1CC[C@@H](CC(=O)N2CCC(O)(C(=O)O)C2)C1)OCC1c2ccccc2-c2ccccc21. The number of aliphatic hydroxyl groups is 1. The fourth-order valence-electron chi connectivity index (χ4n) is 5.76. The van der Waals surface area contributed by atoms with Crippen LogP contribution in [-0.4, -0.2) is 64.4 Å². The maximum absolute atomic E-state index is 12.6. The molecule has 35 heavy (non-hydrogen) atoms. The monoisotopic (exact) mass is 478 g/mol. The van der Waals surface area contributed by atoms with Crippen molar-refractivity contribution >= 4 is 18.0 Å². The molecule has 3 aliphatic rings. The third-order valence-electron chi connectivity index (χ3n) is 7.67. The molecule has 3 N–H and O–H groups in total. The van der Waals surface area contributed by atoms with Crippen LogP contribution in [0.2, 0.25) is 0 Å². The Bertz CT molecular complexity index is 1100. The molecule has 1 saturated heterocycles. The van der Waals surface area contributed by atoms with Crippen molar-refractivity contribution in [3.05, 3.63) is 59.7 Å². The second-order valence-electron chi connectivity index (χ2n) is 9.95. The lowest BCUT2D eigenvalue weighted by atomic mass is 9.98. The first-order chi connectivity index (χ1) is 16.8. The maximum atomic E-state index is 12.6. The fourth-order valence-corrected chi connectivity index (χ4v) is 5.76. The van der Waals surface area contributed by atoms with Crippen molar-refractivity contribution in [1.29, 1.82) is 0 Å². The molecule has 0 bridgehead atoms. The van der Waals surface area contributed by atoms with Crippen molar-refractivity contribution in [3.63, 3.8) is 0 Å². The number of carbonyl (C=O) groups excluding carboxylic acids is 2. The van der Waals surface area contributed by atoms with Crippen LogP contribution in [0.15, 0.2) is 48.5 Å². The van der Waals surface area contributed by atoms with Crippen LogP contribution in [0.5, 0.6) is 0 Å². The number of nitrogens with zero attached hydrogens (tertiary/aromatic N) is 1. The minimum atomic E-state index is -1.85. The highest BCUT2D eigenvalue weighted by Crippen LogP contribution is 2.44. The summed E-state index contributed by atoms with van der Waals surface area (Å²) in [4.78, 5) is 37.8. The summed E-state index contributed by atoms with van der Waals surface area (Å²) in [6.07, 6.45) is 2.13. The van der Waals surface area contributed by atoms with Crippen molar-refractivity contribution in [2.75, 3.05) is 19.7 Å². The summed E-state index contributed by atoms with van der Waals surface area (Å²) >= 11 is 0. The molecule has 1 aliphatic heterocycles. The number of β-amino-alcohol motifs (C(OH)–C–C–N with tert-alkyl or cyclic N) is 1. The van der Waals surface area contributed by atoms with E-state index in [0.29, 0.717) is 12.8 Å². The van der Waals surface area contributed by atoms with Crippen LogP contribution in [0.1, 0.15) is 49.1 Å². The Morgan fingerprint density at radius 3 is 2.31 bits per heavy atom. The second kappa shape index (κ2) is 9.34. The number of ether oxygens (including phenoxy) is 1.